The van der Waals surface area contributed by atoms with E-state index in [0.29, 0.717) is 22.6 Å². The van der Waals surface area contributed by atoms with E-state index in [2.05, 4.69) is 20.2 Å². The Morgan fingerprint density at radius 1 is 0.857 bits per heavy atom. The van der Waals surface area contributed by atoms with Gasteiger partial charge in [0.2, 0.25) is 0 Å². The van der Waals surface area contributed by atoms with Crippen molar-refractivity contribution in [1.29, 1.82) is 0 Å². The van der Waals surface area contributed by atoms with Crippen molar-refractivity contribution in [3.63, 3.8) is 0 Å². The monoisotopic (exact) mass is 372 g/mol. The predicted molar refractivity (Wildman–Crippen MR) is 106 cm³/mol. The maximum Gasteiger partial charge on any atom is 0.141 e. The summed E-state index contributed by atoms with van der Waals surface area (Å²) >= 11 is 0. The number of nitrogens with one attached hydrogen (secondary N) is 2. The molecule has 2 heterocycles. The number of halogens is 2. The van der Waals surface area contributed by atoms with Gasteiger partial charge in [-0.3, -0.25) is 5.10 Å². The molecule has 0 amide bonds. The van der Waals surface area contributed by atoms with E-state index in [9.17, 15) is 8.78 Å². The van der Waals surface area contributed by atoms with E-state index in [4.69, 9.17) is 0 Å². The van der Waals surface area contributed by atoms with Crippen molar-refractivity contribution in [2.24, 2.45) is 0 Å². The Bertz CT molecular complexity index is 1300. The molecule has 0 saturated carbocycles. The number of hydrogen-bond donors (Lipinski definition) is 2. The zero-order valence-electron chi connectivity index (χ0n) is 14.6. The van der Waals surface area contributed by atoms with Crippen molar-refractivity contribution in [3.05, 3.63) is 83.6 Å². The van der Waals surface area contributed by atoms with Crippen LogP contribution in [0.25, 0.3) is 45.5 Å². The van der Waals surface area contributed by atoms with Crippen molar-refractivity contribution in [1.82, 2.24) is 20.2 Å². The van der Waals surface area contributed by atoms with Crippen LogP contribution in [0.2, 0.25) is 0 Å². The Balaban J connectivity index is 1.59. The molecular formula is C22H14F2N4. The van der Waals surface area contributed by atoms with Gasteiger partial charge in [-0.25, -0.2) is 13.8 Å². The molecule has 2 aromatic heterocycles. The van der Waals surface area contributed by atoms with Crippen molar-refractivity contribution < 1.29 is 8.78 Å². The molecule has 28 heavy (non-hydrogen) atoms. The maximum absolute atomic E-state index is 14.7. The smallest absolute Gasteiger partial charge is 0.141 e. The van der Waals surface area contributed by atoms with Gasteiger partial charge in [-0.15, -0.1) is 0 Å². The van der Waals surface area contributed by atoms with Gasteiger partial charge in [-0.1, -0.05) is 30.3 Å². The second-order valence-electron chi connectivity index (χ2n) is 6.47. The summed E-state index contributed by atoms with van der Waals surface area (Å²) in [6.07, 6.45) is 3.64. The molecule has 0 unspecified atom stereocenters. The molecule has 0 spiro atoms. The molecule has 0 saturated heterocycles. The standard InChI is InChI=1S/C22H14F2N4/c23-14-8-5-13(6-9-14)7-10-18-16-11-15(17(24)12-21(16)28-27-18)22-25-19-3-1-2-4-20(19)26-22/h1-12H,(H,25,26)(H,27,28)/b10-7+. The molecule has 4 nitrogen and oxygen atoms in total. The van der Waals surface area contributed by atoms with E-state index >= 15 is 0 Å². The first kappa shape index (κ1) is 16.4. The second kappa shape index (κ2) is 6.42. The molecule has 0 aliphatic carbocycles. The third-order valence-electron chi connectivity index (χ3n) is 4.63. The molecule has 0 bridgehead atoms. The van der Waals surface area contributed by atoms with Crippen LogP contribution in [0.5, 0.6) is 0 Å². The molecule has 3 aromatic carbocycles. The molecule has 0 radical (unpaired) electrons. The number of aromatic nitrogens is 4. The van der Waals surface area contributed by atoms with Crippen LogP contribution in [0.3, 0.4) is 0 Å². The summed E-state index contributed by atoms with van der Waals surface area (Å²) in [5, 5.41) is 7.88. The van der Waals surface area contributed by atoms with Gasteiger partial charge in [0.15, 0.2) is 0 Å². The van der Waals surface area contributed by atoms with Crippen LogP contribution in [-0.4, -0.2) is 20.2 Å². The Morgan fingerprint density at radius 3 is 2.50 bits per heavy atom. The minimum Gasteiger partial charge on any atom is -0.338 e. The van der Waals surface area contributed by atoms with Gasteiger partial charge in [0.1, 0.15) is 17.5 Å². The van der Waals surface area contributed by atoms with E-state index in [1.54, 1.807) is 18.2 Å². The highest BCUT2D eigenvalue weighted by Gasteiger charge is 2.14. The molecule has 5 rings (SSSR count). The zero-order chi connectivity index (χ0) is 19.1. The maximum atomic E-state index is 14.7. The Morgan fingerprint density at radius 2 is 1.68 bits per heavy atom. The SMILES string of the molecule is Fc1ccc(/C=C/c2n[nH]c3cc(F)c(-c4nc5ccccc5[nH]4)cc23)cc1. The van der Waals surface area contributed by atoms with Crippen LogP contribution in [0.15, 0.2) is 60.7 Å². The fourth-order valence-electron chi connectivity index (χ4n) is 3.20. The lowest BCUT2D eigenvalue weighted by atomic mass is 10.1. The lowest BCUT2D eigenvalue weighted by molar-refractivity contribution is 0.627. The number of fused-ring (bicyclic) bond motifs is 2. The van der Waals surface area contributed by atoms with Gasteiger partial charge in [0.25, 0.3) is 0 Å². The highest BCUT2D eigenvalue weighted by Crippen LogP contribution is 2.29. The number of para-hydroxylation sites is 2. The summed E-state index contributed by atoms with van der Waals surface area (Å²) in [5.74, 6) is -0.201. The number of rotatable bonds is 3. The molecular weight excluding hydrogens is 358 g/mol. The first-order chi connectivity index (χ1) is 13.7. The summed E-state index contributed by atoms with van der Waals surface area (Å²) in [6, 6.07) is 16.9. The summed E-state index contributed by atoms with van der Waals surface area (Å²) in [6.45, 7) is 0. The molecule has 136 valence electrons. The van der Waals surface area contributed by atoms with Gasteiger partial charge in [-0.2, -0.15) is 5.10 Å². The number of hydrogen-bond acceptors (Lipinski definition) is 2. The van der Waals surface area contributed by atoms with Crippen molar-refractivity contribution in [2.75, 3.05) is 0 Å². The van der Waals surface area contributed by atoms with Crippen LogP contribution in [0, 0.1) is 11.6 Å². The number of imidazole rings is 1. The Labute approximate surface area is 158 Å². The van der Waals surface area contributed by atoms with Gasteiger partial charge >= 0.3 is 0 Å². The summed E-state index contributed by atoms with van der Waals surface area (Å²) in [7, 11) is 0. The van der Waals surface area contributed by atoms with E-state index in [-0.39, 0.29) is 11.6 Å². The fourth-order valence-corrected chi connectivity index (χ4v) is 3.20. The van der Waals surface area contributed by atoms with Crippen LogP contribution in [0.1, 0.15) is 11.3 Å². The van der Waals surface area contributed by atoms with Crippen molar-refractivity contribution in [3.8, 4) is 11.4 Å². The number of benzene rings is 3. The second-order valence-corrected chi connectivity index (χ2v) is 6.47. The molecule has 5 aromatic rings. The van der Waals surface area contributed by atoms with Crippen LogP contribution < -0.4 is 0 Å². The van der Waals surface area contributed by atoms with Crippen molar-refractivity contribution in [2.45, 2.75) is 0 Å². The largest absolute Gasteiger partial charge is 0.338 e. The summed E-state index contributed by atoms with van der Waals surface area (Å²) in [5.41, 5.74) is 4.10. The van der Waals surface area contributed by atoms with Gasteiger partial charge in [0.05, 0.1) is 27.8 Å². The average molecular weight is 372 g/mol. The minimum atomic E-state index is -0.385. The highest BCUT2D eigenvalue weighted by atomic mass is 19.1. The fraction of sp³-hybridized carbons (Fsp3) is 0. The Hall–Kier alpha value is -3.80. The van der Waals surface area contributed by atoms with Crippen LogP contribution in [-0.2, 0) is 0 Å². The minimum absolute atomic E-state index is 0.284. The van der Waals surface area contributed by atoms with E-state index < -0.39 is 0 Å². The van der Waals surface area contributed by atoms with E-state index in [1.165, 1.54) is 18.2 Å². The first-order valence-corrected chi connectivity index (χ1v) is 8.74. The molecule has 0 aliphatic rings. The third-order valence-corrected chi connectivity index (χ3v) is 4.63. The summed E-state index contributed by atoms with van der Waals surface area (Å²) < 4.78 is 27.7. The van der Waals surface area contributed by atoms with Crippen molar-refractivity contribution >= 4 is 34.1 Å². The van der Waals surface area contributed by atoms with Crippen LogP contribution in [0.4, 0.5) is 8.78 Å². The van der Waals surface area contributed by atoms with Crippen LogP contribution >= 0.6 is 0 Å². The lowest BCUT2D eigenvalue weighted by Crippen LogP contribution is -1.87. The Kier molecular flexibility index (Phi) is 3.76. The highest BCUT2D eigenvalue weighted by molar-refractivity contribution is 5.92. The number of aromatic amines is 2. The quantitative estimate of drug-likeness (QED) is 0.436. The zero-order valence-corrected chi connectivity index (χ0v) is 14.6. The van der Waals surface area contributed by atoms with E-state index in [0.717, 1.165) is 22.0 Å². The topological polar surface area (TPSA) is 57.4 Å². The van der Waals surface area contributed by atoms with Gasteiger partial charge < -0.3 is 4.98 Å². The first-order valence-electron chi connectivity index (χ1n) is 8.74. The third kappa shape index (κ3) is 2.85. The number of nitrogens with zero attached hydrogens (tertiary/aromatic N) is 2. The molecule has 6 heteroatoms. The summed E-state index contributed by atoms with van der Waals surface area (Å²) in [4.78, 5) is 7.64. The molecule has 0 fully saturated rings. The van der Waals surface area contributed by atoms with E-state index in [1.807, 2.05) is 36.4 Å². The van der Waals surface area contributed by atoms with Gasteiger partial charge in [0, 0.05) is 11.5 Å². The number of H-pyrrole nitrogens is 2. The molecule has 2 N–H and O–H groups in total. The predicted octanol–water partition coefficient (Wildman–Crippen LogP) is 5.55. The normalized spacial score (nSPS) is 11.8. The average Bonchev–Trinajstić information content (AvgIpc) is 3.30. The molecule has 0 atom stereocenters. The molecule has 0 aliphatic heterocycles. The van der Waals surface area contributed by atoms with Gasteiger partial charge in [-0.05, 0) is 42.0 Å². The lowest BCUT2D eigenvalue weighted by Gasteiger charge is -2.00.